The molecule has 0 radical (unpaired) electrons. The summed E-state index contributed by atoms with van der Waals surface area (Å²) in [6.07, 6.45) is 1.64. The number of para-hydroxylation sites is 1. The van der Waals surface area contributed by atoms with E-state index in [-0.39, 0.29) is 23.5 Å². The van der Waals surface area contributed by atoms with Crippen LogP contribution in [0.4, 0.5) is 0 Å². The van der Waals surface area contributed by atoms with Crippen molar-refractivity contribution in [3.63, 3.8) is 0 Å². The quantitative estimate of drug-likeness (QED) is 0.902. The van der Waals surface area contributed by atoms with Gasteiger partial charge in [-0.05, 0) is 38.3 Å². The Morgan fingerprint density at radius 3 is 2.75 bits per heavy atom. The molecule has 0 spiro atoms. The van der Waals surface area contributed by atoms with Crippen LogP contribution in [0, 0.1) is 6.92 Å². The molecule has 1 aliphatic rings. The van der Waals surface area contributed by atoms with Crippen LogP contribution in [0.1, 0.15) is 31.0 Å². The number of carbonyl (C=O) groups is 1. The molecule has 1 atom stereocenters. The predicted molar refractivity (Wildman–Crippen MR) is 95.8 cm³/mol. The molecule has 2 heterocycles. The van der Waals surface area contributed by atoms with Gasteiger partial charge in [-0.25, -0.2) is 8.42 Å². The zero-order chi connectivity index (χ0) is 17.3. The maximum atomic E-state index is 12.6. The highest BCUT2D eigenvalue weighted by molar-refractivity contribution is 7.91. The number of aromatic amines is 1. The number of nitrogens with one attached hydrogen (secondary N) is 1. The first-order chi connectivity index (χ1) is 11.4. The van der Waals surface area contributed by atoms with Crippen LogP contribution in [0.25, 0.3) is 10.9 Å². The van der Waals surface area contributed by atoms with E-state index in [0.29, 0.717) is 25.8 Å². The molecule has 2 aromatic rings. The highest BCUT2D eigenvalue weighted by Gasteiger charge is 2.33. The van der Waals surface area contributed by atoms with Gasteiger partial charge in [-0.1, -0.05) is 18.2 Å². The summed E-state index contributed by atoms with van der Waals surface area (Å²) >= 11 is 0. The molecule has 1 aliphatic heterocycles. The molecule has 1 saturated heterocycles. The number of aromatic nitrogens is 1. The minimum Gasteiger partial charge on any atom is -0.358 e. The summed E-state index contributed by atoms with van der Waals surface area (Å²) in [5, 5.41) is 1.16. The monoisotopic (exact) mass is 348 g/mol. The van der Waals surface area contributed by atoms with Gasteiger partial charge in [-0.3, -0.25) is 4.79 Å². The summed E-state index contributed by atoms with van der Waals surface area (Å²) < 4.78 is 23.4. The van der Waals surface area contributed by atoms with Gasteiger partial charge >= 0.3 is 0 Å². The van der Waals surface area contributed by atoms with E-state index >= 15 is 0 Å². The zero-order valence-corrected chi connectivity index (χ0v) is 15.0. The first-order valence-electron chi connectivity index (χ1n) is 8.47. The Morgan fingerprint density at radius 2 is 2.08 bits per heavy atom. The van der Waals surface area contributed by atoms with E-state index in [1.54, 1.807) is 4.90 Å². The van der Waals surface area contributed by atoms with Gasteiger partial charge in [0.25, 0.3) is 0 Å². The Labute approximate surface area is 143 Å². The number of hydrogen-bond acceptors (Lipinski definition) is 3. The number of hydrogen-bond donors (Lipinski definition) is 1. The molecule has 1 unspecified atom stereocenters. The van der Waals surface area contributed by atoms with Crippen molar-refractivity contribution in [3.8, 4) is 0 Å². The lowest BCUT2D eigenvalue weighted by Crippen LogP contribution is -2.41. The van der Waals surface area contributed by atoms with Crippen LogP contribution in [0.5, 0.6) is 0 Å². The molecule has 0 aliphatic carbocycles. The fourth-order valence-electron chi connectivity index (χ4n) is 3.69. The van der Waals surface area contributed by atoms with Crippen LogP contribution in [0.2, 0.25) is 0 Å². The second-order valence-corrected chi connectivity index (χ2v) is 8.74. The van der Waals surface area contributed by atoms with Crippen molar-refractivity contribution in [3.05, 3.63) is 35.5 Å². The van der Waals surface area contributed by atoms with Crippen molar-refractivity contribution in [1.29, 1.82) is 0 Å². The molecule has 5 nitrogen and oxygen atoms in total. The van der Waals surface area contributed by atoms with Gasteiger partial charge in [-0.15, -0.1) is 0 Å². The van der Waals surface area contributed by atoms with Gasteiger partial charge in [0, 0.05) is 35.6 Å². The number of H-pyrrole nitrogens is 1. The highest BCUT2D eigenvalue weighted by Crippen LogP contribution is 2.24. The molecule has 1 amide bonds. The number of amides is 1. The number of rotatable bonds is 5. The second kappa shape index (κ2) is 6.59. The van der Waals surface area contributed by atoms with Gasteiger partial charge in [0.05, 0.1) is 11.5 Å². The molecule has 1 N–H and O–H groups in total. The van der Waals surface area contributed by atoms with E-state index < -0.39 is 9.84 Å². The van der Waals surface area contributed by atoms with Crippen molar-refractivity contribution in [2.75, 3.05) is 18.1 Å². The first kappa shape index (κ1) is 17.0. The molecular weight excluding hydrogens is 324 g/mol. The largest absolute Gasteiger partial charge is 0.358 e. The number of aryl methyl sites for hydroxylation is 2. The molecule has 0 saturated carbocycles. The van der Waals surface area contributed by atoms with Crippen molar-refractivity contribution in [2.24, 2.45) is 0 Å². The van der Waals surface area contributed by atoms with E-state index in [9.17, 15) is 13.2 Å². The summed E-state index contributed by atoms with van der Waals surface area (Å²) in [4.78, 5) is 17.7. The van der Waals surface area contributed by atoms with Gasteiger partial charge < -0.3 is 9.88 Å². The van der Waals surface area contributed by atoms with Crippen LogP contribution in [-0.2, 0) is 21.1 Å². The van der Waals surface area contributed by atoms with Crippen LogP contribution < -0.4 is 0 Å². The third-order valence-corrected chi connectivity index (χ3v) is 6.68. The molecule has 1 fully saturated rings. The summed E-state index contributed by atoms with van der Waals surface area (Å²) in [6, 6.07) is 7.95. The van der Waals surface area contributed by atoms with E-state index in [2.05, 4.69) is 11.1 Å². The van der Waals surface area contributed by atoms with Gasteiger partial charge in [0.1, 0.15) is 0 Å². The average Bonchev–Trinajstić information content (AvgIpc) is 3.05. The van der Waals surface area contributed by atoms with Crippen molar-refractivity contribution >= 4 is 26.6 Å². The lowest BCUT2D eigenvalue weighted by Gasteiger charge is -2.27. The van der Waals surface area contributed by atoms with E-state index in [1.807, 2.05) is 32.0 Å². The van der Waals surface area contributed by atoms with Gasteiger partial charge in [0.15, 0.2) is 9.84 Å². The van der Waals surface area contributed by atoms with Crippen molar-refractivity contribution in [1.82, 2.24) is 9.88 Å². The standard InChI is InChI=1S/C18H24N2O3S/c1-3-20(14-10-11-24(22,23)12-14)18(21)9-8-15-13(2)19-17-7-5-4-6-16(15)17/h4-7,14,19H,3,8-12H2,1-2H3. The topological polar surface area (TPSA) is 70.2 Å². The van der Waals surface area contributed by atoms with Crippen LogP contribution in [0.15, 0.2) is 24.3 Å². The zero-order valence-electron chi connectivity index (χ0n) is 14.2. The molecule has 130 valence electrons. The summed E-state index contributed by atoms with van der Waals surface area (Å²) in [6.45, 7) is 4.51. The molecule has 3 rings (SSSR count). The van der Waals surface area contributed by atoms with Crippen LogP contribution in [-0.4, -0.2) is 48.3 Å². The number of fused-ring (bicyclic) bond motifs is 1. The number of nitrogens with zero attached hydrogens (tertiary/aromatic N) is 1. The number of benzene rings is 1. The van der Waals surface area contributed by atoms with E-state index in [1.165, 1.54) is 5.56 Å². The molecular formula is C18H24N2O3S. The molecule has 1 aromatic heterocycles. The average molecular weight is 348 g/mol. The molecule has 0 bridgehead atoms. The third kappa shape index (κ3) is 3.34. The normalized spacial score (nSPS) is 19.7. The van der Waals surface area contributed by atoms with Crippen molar-refractivity contribution < 1.29 is 13.2 Å². The minimum absolute atomic E-state index is 0.0456. The molecule has 24 heavy (non-hydrogen) atoms. The second-order valence-electron chi connectivity index (χ2n) is 6.51. The SMILES string of the molecule is CCN(C(=O)CCc1c(C)[nH]c2ccccc12)C1CCS(=O)(=O)C1. The Balaban J connectivity index is 1.71. The molecule has 6 heteroatoms. The predicted octanol–water partition coefficient (Wildman–Crippen LogP) is 2.44. The van der Waals surface area contributed by atoms with E-state index in [0.717, 1.165) is 16.6 Å². The van der Waals surface area contributed by atoms with Crippen molar-refractivity contribution in [2.45, 2.75) is 39.2 Å². The lowest BCUT2D eigenvalue weighted by molar-refractivity contribution is -0.132. The molecule has 1 aromatic carbocycles. The highest BCUT2D eigenvalue weighted by atomic mass is 32.2. The first-order valence-corrected chi connectivity index (χ1v) is 10.3. The minimum atomic E-state index is -2.98. The smallest absolute Gasteiger partial charge is 0.223 e. The summed E-state index contributed by atoms with van der Waals surface area (Å²) in [5.41, 5.74) is 3.36. The number of carbonyl (C=O) groups excluding carboxylic acids is 1. The van der Waals surface area contributed by atoms with Gasteiger partial charge in [-0.2, -0.15) is 0 Å². The maximum absolute atomic E-state index is 12.6. The summed E-state index contributed by atoms with van der Waals surface area (Å²) in [5.74, 6) is 0.353. The summed E-state index contributed by atoms with van der Waals surface area (Å²) in [7, 11) is -2.98. The Bertz CT molecular complexity index is 854. The van der Waals surface area contributed by atoms with E-state index in [4.69, 9.17) is 0 Å². The Kier molecular flexibility index (Phi) is 4.67. The van der Waals surface area contributed by atoms with Crippen LogP contribution in [0.3, 0.4) is 0 Å². The fourth-order valence-corrected chi connectivity index (χ4v) is 5.42. The maximum Gasteiger partial charge on any atom is 0.223 e. The third-order valence-electron chi connectivity index (χ3n) is 4.93. The Hall–Kier alpha value is -1.82. The lowest BCUT2D eigenvalue weighted by atomic mass is 10.0. The van der Waals surface area contributed by atoms with Crippen LogP contribution >= 0.6 is 0 Å². The Morgan fingerprint density at radius 1 is 1.33 bits per heavy atom. The number of sulfone groups is 1. The van der Waals surface area contributed by atoms with Gasteiger partial charge in [0.2, 0.25) is 5.91 Å². The fraction of sp³-hybridized carbons (Fsp3) is 0.500.